The highest BCUT2D eigenvalue weighted by Crippen LogP contribution is 2.19. The van der Waals surface area contributed by atoms with E-state index >= 15 is 0 Å². The molecule has 0 heterocycles. The van der Waals surface area contributed by atoms with Crippen LogP contribution in [0.25, 0.3) is 0 Å². The fourth-order valence-corrected chi connectivity index (χ4v) is 2.03. The van der Waals surface area contributed by atoms with Crippen LogP contribution in [-0.2, 0) is 0 Å². The maximum Gasteiger partial charge on any atom is 0.119 e. The number of aliphatic hydroxyl groups excluding tert-OH is 2. The zero-order chi connectivity index (χ0) is 14.1. The van der Waals surface area contributed by atoms with Crippen LogP contribution in [0.2, 0.25) is 0 Å². The van der Waals surface area contributed by atoms with Crippen LogP contribution in [0.3, 0.4) is 0 Å². The SMILES string of the molecule is CC[C@H](CCCOc1ccc(OC)cc1)[C@H](O)CO. The van der Waals surface area contributed by atoms with Gasteiger partial charge in [0.15, 0.2) is 0 Å². The molecule has 108 valence electrons. The average Bonchev–Trinajstić information content (AvgIpc) is 2.47. The van der Waals surface area contributed by atoms with Gasteiger partial charge >= 0.3 is 0 Å². The summed E-state index contributed by atoms with van der Waals surface area (Å²) < 4.78 is 10.7. The fraction of sp³-hybridized carbons (Fsp3) is 0.600. The monoisotopic (exact) mass is 268 g/mol. The molecule has 2 atom stereocenters. The summed E-state index contributed by atoms with van der Waals surface area (Å²) in [5.74, 6) is 1.77. The zero-order valence-corrected chi connectivity index (χ0v) is 11.7. The van der Waals surface area contributed by atoms with Crippen molar-refractivity contribution in [3.05, 3.63) is 24.3 Å². The van der Waals surface area contributed by atoms with Gasteiger partial charge in [0.25, 0.3) is 0 Å². The van der Waals surface area contributed by atoms with Gasteiger partial charge in [-0.3, -0.25) is 0 Å². The first-order valence-electron chi connectivity index (χ1n) is 6.77. The standard InChI is InChI=1S/C15H24O4/c1-3-12(15(17)11-16)5-4-10-19-14-8-6-13(18-2)7-9-14/h6-9,12,15-17H,3-5,10-11H2,1-2H3/t12-,15-/m1/s1. The van der Waals surface area contributed by atoms with Crippen molar-refractivity contribution < 1.29 is 19.7 Å². The quantitative estimate of drug-likeness (QED) is 0.674. The second kappa shape index (κ2) is 8.77. The molecule has 0 saturated heterocycles. The maximum absolute atomic E-state index is 9.59. The van der Waals surface area contributed by atoms with Crippen LogP contribution < -0.4 is 9.47 Å². The molecular weight excluding hydrogens is 244 g/mol. The van der Waals surface area contributed by atoms with Crippen molar-refractivity contribution in [2.45, 2.75) is 32.3 Å². The van der Waals surface area contributed by atoms with Gasteiger partial charge in [0, 0.05) is 0 Å². The van der Waals surface area contributed by atoms with E-state index in [1.54, 1.807) is 7.11 Å². The van der Waals surface area contributed by atoms with Crippen molar-refractivity contribution in [2.75, 3.05) is 20.3 Å². The molecule has 1 aromatic carbocycles. The van der Waals surface area contributed by atoms with Gasteiger partial charge in [-0.2, -0.15) is 0 Å². The van der Waals surface area contributed by atoms with E-state index in [1.807, 2.05) is 31.2 Å². The Kier molecular flexibility index (Phi) is 7.30. The lowest BCUT2D eigenvalue weighted by Crippen LogP contribution is -2.24. The molecule has 0 aliphatic rings. The van der Waals surface area contributed by atoms with E-state index < -0.39 is 6.10 Å². The Balaban J connectivity index is 2.25. The van der Waals surface area contributed by atoms with E-state index in [9.17, 15) is 5.11 Å². The molecule has 0 bridgehead atoms. The van der Waals surface area contributed by atoms with Gasteiger partial charge < -0.3 is 19.7 Å². The van der Waals surface area contributed by atoms with Crippen LogP contribution in [-0.4, -0.2) is 36.6 Å². The van der Waals surface area contributed by atoms with E-state index in [2.05, 4.69) is 0 Å². The Morgan fingerprint density at radius 1 is 1.16 bits per heavy atom. The van der Waals surface area contributed by atoms with E-state index in [1.165, 1.54) is 0 Å². The van der Waals surface area contributed by atoms with Gasteiger partial charge in [-0.15, -0.1) is 0 Å². The average molecular weight is 268 g/mol. The number of benzene rings is 1. The van der Waals surface area contributed by atoms with Crippen molar-refractivity contribution in [1.29, 1.82) is 0 Å². The summed E-state index contributed by atoms with van der Waals surface area (Å²) in [6.45, 7) is 2.46. The summed E-state index contributed by atoms with van der Waals surface area (Å²) in [4.78, 5) is 0. The Labute approximate surface area is 115 Å². The van der Waals surface area contributed by atoms with Crippen molar-refractivity contribution in [2.24, 2.45) is 5.92 Å². The van der Waals surface area contributed by atoms with Gasteiger partial charge in [0.2, 0.25) is 0 Å². The first kappa shape index (κ1) is 15.8. The minimum atomic E-state index is -0.619. The second-order valence-corrected chi connectivity index (χ2v) is 4.58. The van der Waals surface area contributed by atoms with Gasteiger partial charge in [-0.25, -0.2) is 0 Å². The molecule has 4 heteroatoms. The minimum Gasteiger partial charge on any atom is -0.497 e. The number of hydrogen-bond donors (Lipinski definition) is 2. The van der Waals surface area contributed by atoms with Crippen molar-refractivity contribution >= 4 is 0 Å². The van der Waals surface area contributed by atoms with E-state index in [0.29, 0.717) is 6.61 Å². The lowest BCUT2D eigenvalue weighted by Gasteiger charge is -2.19. The number of hydrogen-bond acceptors (Lipinski definition) is 4. The summed E-state index contributed by atoms with van der Waals surface area (Å²) in [6.07, 6.45) is 1.96. The van der Waals surface area contributed by atoms with Crippen molar-refractivity contribution in [3.63, 3.8) is 0 Å². The van der Waals surface area contributed by atoms with E-state index in [4.69, 9.17) is 14.6 Å². The summed E-state index contributed by atoms with van der Waals surface area (Å²) >= 11 is 0. The summed E-state index contributed by atoms with van der Waals surface area (Å²) in [6, 6.07) is 7.47. The third kappa shape index (κ3) is 5.49. The highest BCUT2D eigenvalue weighted by molar-refractivity contribution is 5.31. The van der Waals surface area contributed by atoms with Crippen LogP contribution >= 0.6 is 0 Å². The Bertz CT molecular complexity index is 337. The smallest absolute Gasteiger partial charge is 0.119 e. The summed E-state index contributed by atoms with van der Waals surface area (Å²) in [7, 11) is 1.63. The highest BCUT2D eigenvalue weighted by atomic mass is 16.5. The van der Waals surface area contributed by atoms with Crippen molar-refractivity contribution in [3.8, 4) is 11.5 Å². The first-order chi connectivity index (χ1) is 9.21. The van der Waals surface area contributed by atoms with Crippen LogP contribution in [0, 0.1) is 5.92 Å². The van der Waals surface area contributed by atoms with Gasteiger partial charge in [0.05, 0.1) is 26.4 Å². The molecule has 1 aromatic rings. The largest absolute Gasteiger partial charge is 0.497 e. The molecule has 0 unspecified atom stereocenters. The predicted octanol–water partition coefficient (Wildman–Crippen LogP) is 2.23. The van der Waals surface area contributed by atoms with Crippen LogP contribution in [0.1, 0.15) is 26.2 Å². The molecule has 0 spiro atoms. The molecule has 0 aliphatic carbocycles. The number of methoxy groups -OCH3 is 1. The van der Waals surface area contributed by atoms with E-state index in [-0.39, 0.29) is 12.5 Å². The second-order valence-electron chi connectivity index (χ2n) is 4.58. The number of rotatable bonds is 9. The molecule has 0 amide bonds. The predicted molar refractivity (Wildman–Crippen MR) is 74.6 cm³/mol. The molecule has 0 radical (unpaired) electrons. The fourth-order valence-electron chi connectivity index (χ4n) is 2.03. The van der Waals surface area contributed by atoms with E-state index in [0.717, 1.165) is 30.8 Å². The van der Waals surface area contributed by atoms with Crippen molar-refractivity contribution in [1.82, 2.24) is 0 Å². The van der Waals surface area contributed by atoms with Gasteiger partial charge in [-0.1, -0.05) is 13.3 Å². The number of aliphatic hydroxyl groups is 2. The van der Waals surface area contributed by atoms with Crippen LogP contribution in [0.4, 0.5) is 0 Å². The molecule has 0 fully saturated rings. The lowest BCUT2D eigenvalue weighted by atomic mass is 9.95. The maximum atomic E-state index is 9.59. The first-order valence-corrected chi connectivity index (χ1v) is 6.77. The molecule has 0 aromatic heterocycles. The molecular formula is C15H24O4. The highest BCUT2D eigenvalue weighted by Gasteiger charge is 2.15. The Morgan fingerprint density at radius 3 is 2.32 bits per heavy atom. The topological polar surface area (TPSA) is 58.9 Å². The zero-order valence-electron chi connectivity index (χ0n) is 11.7. The molecule has 2 N–H and O–H groups in total. The molecule has 0 saturated carbocycles. The molecule has 0 aliphatic heterocycles. The van der Waals surface area contributed by atoms with Gasteiger partial charge in [0.1, 0.15) is 11.5 Å². The van der Waals surface area contributed by atoms with Crippen LogP contribution in [0.15, 0.2) is 24.3 Å². The summed E-state index contributed by atoms with van der Waals surface area (Å²) in [5.41, 5.74) is 0. The molecule has 19 heavy (non-hydrogen) atoms. The number of ether oxygens (including phenoxy) is 2. The molecule has 4 nitrogen and oxygen atoms in total. The molecule has 1 rings (SSSR count). The van der Waals surface area contributed by atoms with Gasteiger partial charge in [-0.05, 0) is 43.0 Å². The normalized spacial score (nSPS) is 13.9. The third-order valence-corrected chi connectivity index (χ3v) is 3.30. The van der Waals surface area contributed by atoms with Crippen LogP contribution in [0.5, 0.6) is 11.5 Å². The Hall–Kier alpha value is -1.26. The third-order valence-electron chi connectivity index (χ3n) is 3.30. The lowest BCUT2D eigenvalue weighted by molar-refractivity contribution is 0.0400. The Morgan fingerprint density at radius 2 is 1.79 bits per heavy atom. The summed E-state index contributed by atoms with van der Waals surface area (Å²) in [5, 5.41) is 18.5. The minimum absolute atomic E-state index is 0.143.